The molecular formula is C21H18Cl2N4O2S. The quantitative estimate of drug-likeness (QED) is 0.375. The normalized spacial score (nSPS) is 14.4. The van der Waals surface area contributed by atoms with E-state index >= 15 is 0 Å². The van der Waals surface area contributed by atoms with Crippen LogP contribution in [-0.4, -0.2) is 25.6 Å². The highest BCUT2D eigenvalue weighted by atomic mass is 35.5. The second kappa shape index (κ2) is 7.91. The van der Waals surface area contributed by atoms with Gasteiger partial charge in [0.05, 0.1) is 25.3 Å². The molecule has 2 unspecified atom stereocenters. The molecule has 2 aromatic carbocycles. The third-order valence-corrected chi connectivity index (χ3v) is 6.46. The molecule has 4 aromatic rings. The van der Waals surface area contributed by atoms with Gasteiger partial charge in [-0.05, 0) is 37.3 Å². The van der Waals surface area contributed by atoms with Crippen LogP contribution < -0.4 is 4.74 Å². The molecule has 2 heterocycles. The zero-order valence-corrected chi connectivity index (χ0v) is 18.5. The monoisotopic (exact) mass is 460 g/mol. The molecule has 0 amide bonds. The van der Waals surface area contributed by atoms with Crippen LogP contribution in [0.3, 0.4) is 0 Å². The molecule has 0 radical (unpaired) electrons. The Hall–Kier alpha value is -2.61. The van der Waals surface area contributed by atoms with Crippen LogP contribution in [-0.2, 0) is 9.73 Å². The first-order chi connectivity index (χ1) is 14.2. The maximum absolute atomic E-state index is 12.1. The van der Waals surface area contributed by atoms with Crippen LogP contribution in [0, 0.1) is 4.78 Å². The molecule has 0 spiro atoms. The predicted octanol–water partition coefficient (Wildman–Crippen LogP) is 6.11. The lowest BCUT2D eigenvalue weighted by atomic mass is 10.1. The highest BCUT2D eigenvalue weighted by Gasteiger charge is 2.17. The molecule has 0 saturated carbocycles. The number of ether oxygens (including phenoxy) is 1. The van der Waals surface area contributed by atoms with Crippen LogP contribution >= 0.6 is 23.2 Å². The van der Waals surface area contributed by atoms with Gasteiger partial charge in [0.25, 0.3) is 0 Å². The fourth-order valence-electron chi connectivity index (χ4n) is 3.24. The van der Waals surface area contributed by atoms with Gasteiger partial charge in [0.2, 0.25) is 0 Å². The van der Waals surface area contributed by atoms with Gasteiger partial charge in [-0.1, -0.05) is 35.3 Å². The highest BCUT2D eigenvalue weighted by molar-refractivity contribution is 7.91. The maximum Gasteiger partial charge on any atom is 0.124 e. The van der Waals surface area contributed by atoms with Gasteiger partial charge in [-0.15, -0.1) is 0 Å². The van der Waals surface area contributed by atoms with E-state index in [2.05, 4.69) is 15.2 Å². The summed E-state index contributed by atoms with van der Waals surface area (Å²) in [7, 11) is -2.83. The summed E-state index contributed by atoms with van der Waals surface area (Å²) in [5.74, 6) is 0.623. The molecular weight excluding hydrogens is 443 g/mol. The van der Waals surface area contributed by atoms with E-state index in [0.29, 0.717) is 31.9 Å². The minimum absolute atomic E-state index is 0.391. The molecule has 0 bridgehead atoms. The van der Waals surface area contributed by atoms with E-state index < -0.39 is 15.8 Å². The van der Waals surface area contributed by atoms with Gasteiger partial charge in [0, 0.05) is 40.1 Å². The van der Waals surface area contributed by atoms with E-state index in [0.717, 1.165) is 16.5 Å². The zero-order chi connectivity index (χ0) is 21.5. The Balaban J connectivity index is 1.72. The van der Waals surface area contributed by atoms with E-state index in [-0.39, 0.29) is 0 Å². The van der Waals surface area contributed by atoms with E-state index in [1.807, 2.05) is 31.2 Å². The molecule has 0 aliphatic carbocycles. The van der Waals surface area contributed by atoms with Gasteiger partial charge >= 0.3 is 0 Å². The smallest absolute Gasteiger partial charge is 0.124 e. The van der Waals surface area contributed by atoms with Gasteiger partial charge in [0.1, 0.15) is 17.5 Å². The summed E-state index contributed by atoms with van der Waals surface area (Å²) in [6.07, 6.45) is 4.07. The van der Waals surface area contributed by atoms with Crippen LogP contribution in [0.1, 0.15) is 18.6 Å². The molecule has 0 fully saturated rings. The third-order valence-electron chi connectivity index (χ3n) is 4.70. The van der Waals surface area contributed by atoms with Gasteiger partial charge in [-0.25, -0.2) is 8.99 Å². The fraction of sp³-hybridized carbons (Fsp3) is 0.143. The Bertz CT molecular complexity index is 1330. The molecule has 9 heteroatoms. The summed E-state index contributed by atoms with van der Waals surface area (Å²) < 4.78 is 26.1. The Morgan fingerprint density at radius 2 is 1.87 bits per heavy atom. The van der Waals surface area contributed by atoms with Crippen molar-refractivity contribution < 1.29 is 8.95 Å². The van der Waals surface area contributed by atoms with Crippen molar-refractivity contribution in [2.45, 2.75) is 17.9 Å². The molecule has 0 aliphatic heterocycles. The van der Waals surface area contributed by atoms with E-state index in [1.165, 1.54) is 18.6 Å². The Morgan fingerprint density at radius 1 is 1.13 bits per heavy atom. The lowest BCUT2D eigenvalue weighted by Crippen LogP contribution is -2.05. The standard InChI is InChI=1S/C21H18Cl2N4O2S/c1-12(20-17(22)10-25-11-18(20)23)29-14-6-7-19-16(9-14)21(27-26-19)13-4-3-5-15(8-13)30(2,24)28/h3-12,24H,1-2H3,(H,26,27). The minimum atomic E-state index is -2.83. The molecule has 2 N–H and O–H groups in total. The number of benzene rings is 2. The van der Waals surface area contributed by atoms with Crippen LogP contribution in [0.4, 0.5) is 0 Å². The number of halogens is 2. The number of aromatic amines is 1. The zero-order valence-electron chi connectivity index (χ0n) is 16.1. The molecule has 30 heavy (non-hydrogen) atoms. The Morgan fingerprint density at radius 3 is 2.57 bits per heavy atom. The molecule has 2 atom stereocenters. The number of nitrogens with one attached hydrogen (secondary N) is 2. The minimum Gasteiger partial charge on any atom is -0.486 e. The number of pyridine rings is 1. The van der Waals surface area contributed by atoms with E-state index in [1.54, 1.807) is 18.2 Å². The molecule has 154 valence electrons. The van der Waals surface area contributed by atoms with Crippen molar-refractivity contribution in [2.24, 2.45) is 0 Å². The topological polar surface area (TPSA) is 91.7 Å². The van der Waals surface area contributed by atoms with E-state index in [9.17, 15) is 4.21 Å². The largest absolute Gasteiger partial charge is 0.486 e. The van der Waals surface area contributed by atoms with E-state index in [4.69, 9.17) is 32.7 Å². The summed E-state index contributed by atoms with van der Waals surface area (Å²) in [5, 5.41) is 9.14. The van der Waals surface area contributed by atoms with Crippen molar-refractivity contribution >= 4 is 43.8 Å². The summed E-state index contributed by atoms with van der Waals surface area (Å²) in [4.78, 5) is 4.43. The van der Waals surface area contributed by atoms with Crippen LogP contribution in [0.2, 0.25) is 10.0 Å². The summed E-state index contributed by atoms with van der Waals surface area (Å²) in [5.41, 5.74) is 2.96. The van der Waals surface area contributed by atoms with Crippen molar-refractivity contribution in [3.63, 3.8) is 0 Å². The molecule has 0 aliphatic rings. The number of hydrogen-bond acceptors (Lipinski definition) is 5. The van der Waals surface area contributed by atoms with Crippen molar-refractivity contribution in [2.75, 3.05) is 6.26 Å². The summed E-state index contributed by atoms with van der Waals surface area (Å²) in [6.45, 7) is 1.86. The predicted molar refractivity (Wildman–Crippen MR) is 120 cm³/mol. The SMILES string of the molecule is CC(Oc1ccc2[nH]nc(-c3cccc(S(C)(=N)=O)c3)c2c1)c1c(Cl)cncc1Cl. The van der Waals surface area contributed by atoms with Crippen LogP contribution in [0.25, 0.3) is 22.2 Å². The summed E-state index contributed by atoms with van der Waals surface area (Å²) in [6, 6.07) is 12.7. The Kier molecular flexibility index (Phi) is 5.44. The molecule has 2 aromatic heterocycles. The number of nitrogens with zero attached hydrogens (tertiary/aromatic N) is 2. The fourth-order valence-corrected chi connectivity index (χ4v) is 4.61. The van der Waals surface area contributed by atoms with Crippen LogP contribution in [0.5, 0.6) is 5.75 Å². The highest BCUT2D eigenvalue weighted by Crippen LogP contribution is 2.35. The average molecular weight is 461 g/mol. The van der Waals surface area contributed by atoms with Gasteiger partial charge < -0.3 is 4.74 Å². The van der Waals surface area contributed by atoms with Crippen molar-refractivity contribution in [3.8, 4) is 17.0 Å². The summed E-state index contributed by atoms with van der Waals surface area (Å²) >= 11 is 12.5. The van der Waals surface area contributed by atoms with Crippen molar-refractivity contribution in [1.29, 1.82) is 4.78 Å². The number of H-pyrrole nitrogens is 1. The first-order valence-corrected chi connectivity index (χ1v) is 11.7. The Labute approximate surface area is 184 Å². The maximum atomic E-state index is 12.1. The van der Waals surface area contributed by atoms with Gasteiger partial charge in [0.15, 0.2) is 0 Å². The van der Waals surface area contributed by atoms with Crippen molar-refractivity contribution in [1.82, 2.24) is 15.2 Å². The average Bonchev–Trinajstić information content (AvgIpc) is 3.10. The number of fused-ring (bicyclic) bond motifs is 1. The second-order valence-corrected chi connectivity index (χ2v) is 9.90. The lowest BCUT2D eigenvalue weighted by Gasteiger charge is -2.17. The third kappa shape index (κ3) is 4.01. The van der Waals surface area contributed by atoms with Gasteiger partial charge in [-0.2, -0.15) is 5.10 Å². The number of aromatic nitrogens is 3. The van der Waals surface area contributed by atoms with Crippen LogP contribution in [0.15, 0.2) is 59.8 Å². The first-order valence-electron chi connectivity index (χ1n) is 9.02. The van der Waals surface area contributed by atoms with Crippen molar-refractivity contribution in [3.05, 3.63) is 70.5 Å². The van der Waals surface area contributed by atoms with Gasteiger partial charge in [-0.3, -0.25) is 10.1 Å². The molecule has 0 saturated heterocycles. The number of hydrogen-bond donors (Lipinski definition) is 2. The first kappa shape index (κ1) is 20.7. The molecule has 6 nitrogen and oxygen atoms in total. The molecule has 4 rings (SSSR count). The lowest BCUT2D eigenvalue weighted by molar-refractivity contribution is 0.227. The number of rotatable bonds is 5. The second-order valence-electron chi connectivity index (χ2n) is 6.93.